The van der Waals surface area contributed by atoms with Crippen LogP contribution in [0.2, 0.25) is 0 Å². The van der Waals surface area contributed by atoms with Crippen LogP contribution in [0, 0.1) is 0 Å². The lowest BCUT2D eigenvalue weighted by Gasteiger charge is -2.42. The van der Waals surface area contributed by atoms with Gasteiger partial charge in [0.25, 0.3) is 5.56 Å². The van der Waals surface area contributed by atoms with E-state index in [0.717, 1.165) is 93.3 Å². The maximum atomic E-state index is 14.6. The van der Waals surface area contributed by atoms with Crippen LogP contribution in [-0.4, -0.2) is 39.2 Å². The third-order valence-electron chi connectivity index (χ3n) is 8.70. The van der Waals surface area contributed by atoms with Crippen molar-refractivity contribution >= 4 is 17.7 Å². The summed E-state index contributed by atoms with van der Waals surface area (Å²) in [4.78, 5) is 35.3. The molecule has 5 rings (SSSR count). The number of fused-ring (bicyclic) bond motifs is 4. The number of unbranched alkanes of at least 4 members (excludes halogenated alkanes) is 2. The molecule has 0 N–H and O–H groups in total. The van der Waals surface area contributed by atoms with Gasteiger partial charge in [-0.15, -0.1) is 0 Å². The van der Waals surface area contributed by atoms with E-state index in [4.69, 9.17) is 4.98 Å². The molecule has 5 nitrogen and oxygen atoms in total. The normalized spacial score (nSPS) is 15.4. The summed E-state index contributed by atoms with van der Waals surface area (Å²) < 4.78 is 1.86. The second-order valence-corrected chi connectivity index (χ2v) is 12.5. The van der Waals surface area contributed by atoms with Gasteiger partial charge in [0, 0.05) is 24.1 Å². The van der Waals surface area contributed by atoms with Gasteiger partial charge in [0.05, 0.1) is 23.6 Å². The standard InChI is InChI=1S/C34H43N3O2S/c1-3-5-21-36(22-6-4-2)29(38)25-40-33-35-31-28-18-12-11-17-27(28)23-34(19-13-8-14-20-34)30(31)32(39)37(33)24-26-15-9-7-10-16-26/h7,9-12,15-18H,3-6,8,13-14,19-25H2,1-2H3. The van der Waals surface area contributed by atoms with Crippen LogP contribution >= 0.6 is 11.8 Å². The molecule has 2 aromatic carbocycles. The molecule has 1 aromatic heterocycles. The number of benzene rings is 2. The fourth-order valence-corrected chi connectivity index (χ4v) is 7.41. The molecule has 1 spiro atoms. The van der Waals surface area contributed by atoms with E-state index >= 15 is 0 Å². The summed E-state index contributed by atoms with van der Waals surface area (Å²) in [7, 11) is 0. The van der Waals surface area contributed by atoms with E-state index in [2.05, 4.69) is 44.2 Å². The van der Waals surface area contributed by atoms with Crippen LogP contribution in [0.3, 0.4) is 0 Å². The molecular formula is C34H43N3O2S. The third-order valence-corrected chi connectivity index (χ3v) is 9.66. The number of carbonyl (C=O) groups excluding carboxylic acids is 1. The van der Waals surface area contributed by atoms with Crippen molar-refractivity contribution in [1.82, 2.24) is 14.5 Å². The molecule has 40 heavy (non-hydrogen) atoms. The Morgan fingerprint density at radius 2 is 1.62 bits per heavy atom. The van der Waals surface area contributed by atoms with Crippen LogP contribution < -0.4 is 5.56 Å². The highest BCUT2D eigenvalue weighted by molar-refractivity contribution is 7.99. The first-order valence-electron chi connectivity index (χ1n) is 15.2. The van der Waals surface area contributed by atoms with Crippen molar-refractivity contribution in [3.05, 3.63) is 81.6 Å². The van der Waals surface area contributed by atoms with Crippen molar-refractivity contribution in [2.24, 2.45) is 0 Å². The molecule has 212 valence electrons. The van der Waals surface area contributed by atoms with Crippen LogP contribution in [0.1, 0.15) is 88.3 Å². The lowest BCUT2D eigenvalue weighted by Crippen LogP contribution is -2.43. The molecule has 2 aliphatic carbocycles. The summed E-state index contributed by atoms with van der Waals surface area (Å²) in [5, 5.41) is 0.648. The van der Waals surface area contributed by atoms with Crippen molar-refractivity contribution in [1.29, 1.82) is 0 Å². The van der Waals surface area contributed by atoms with Gasteiger partial charge >= 0.3 is 0 Å². The van der Waals surface area contributed by atoms with Crippen molar-refractivity contribution < 1.29 is 4.79 Å². The first-order valence-corrected chi connectivity index (χ1v) is 16.2. The summed E-state index contributed by atoms with van der Waals surface area (Å²) in [5.41, 5.74) is 5.13. The Bertz CT molecular complexity index is 1350. The molecule has 2 aliphatic rings. The summed E-state index contributed by atoms with van der Waals surface area (Å²) in [5.74, 6) is 0.425. The fraction of sp³-hybridized carbons (Fsp3) is 0.500. The maximum absolute atomic E-state index is 14.6. The first kappa shape index (κ1) is 28.7. The van der Waals surface area contributed by atoms with Gasteiger partial charge in [-0.2, -0.15) is 0 Å². The minimum absolute atomic E-state index is 0.0778. The SMILES string of the molecule is CCCCN(CCCC)C(=O)CSc1nc2c(c(=O)n1Cc1ccccc1)C1(CCCCC1)Cc1ccccc1-2. The maximum Gasteiger partial charge on any atom is 0.258 e. The Balaban J connectivity index is 1.57. The average molecular weight is 558 g/mol. The Morgan fingerprint density at radius 1 is 0.950 bits per heavy atom. The van der Waals surface area contributed by atoms with E-state index in [1.54, 1.807) is 0 Å². The zero-order chi connectivity index (χ0) is 28.0. The molecule has 0 aliphatic heterocycles. The van der Waals surface area contributed by atoms with Crippen molar-refractivity contribution in [3.8, 4) is 11.3 Å². The summed E-state index contributed by atoms with van der Waals surface area (Å²) in [6.07, 6.45) is 10.6. The number of carbonyl (C=O) groups is 1. The zero-order valence-corrected chi connectivity index (χ0v) is 25.0. The summed E-state index contributed by atoms with van der Waals surface area (Å²) >= 11 is 1.43. The molecule has 0 atom stereocenters. The second-order valence-electron chi connectivity index (χ2n) is 11.5. The monoisotopic (exact) mass is 557 g/mol. The number of hydrogen-bond acceptors (Lipinski definition) is 4. The van der Waals surface area contributed by atoms with Gasteiger partial charge in [0.1, 0.15) is 0 Å². The summed E-state index contributed by atoms with van der Waals surface area (Å²) in [6, 6.07) is 18.6. The molecular weight excluding hydrogens is 514 g/mol. The summed E-state index contributed by atoms with van der Waals surface area (Å²) in [6.45, 7) is 6.37. The largest absolute Gasteiger partial charge is 0.342 e. The van der Waals surface area contributed by atoms with Crippen LogP contribution in [-0.2, 0) is 23.2 Å². The highest BCUT2D eigenvalue weighted by atomic mass is 32.2. The van der Waals surface area contributed by atoms with Crippen LogP contribution in [0.25, 0.3) is 11.3 Å². The van der Waals surface area contributed by atoms with Gasteiger partial charge in [-0.05, 0) is 43.2 Å². The van der Waals surface area contributed by atoms with Gasteiger partial charge in [0.2, 0.25) is 5.91 Å². The topological polar surface area (TPSA) is 55.2 Å². The second kappa shape index (κ2) is 13.2. The van der Waals surface area contributed by atoms with Crippen LogP contribution in [0.4, 0.5) is 0 Å². The number of aromatic nitrogens is 2. The Morgan fingerprint density at radius 3 is 2.33 bits per heavy atom. The van der Waals surface area contributed by atoms with Crippen LogP contribution in [0.5, 0.6) is 0 Å². The highest BCUT2D eigenvalue weighted by Crippen LogP contribution is 2.48. The lowest BCUT2D eigenvalue weighted by atomic mass is 9.62. The molecule has 1 saturated carbocycles. The predicted octanol–water partition coefficient (Wildman–Crippen LogP) is 7.24. The lowest BCUT2D eigenvalue weighted by molar-refractivity contribution is -0.128. The first-order chi connectivity index (χ1) is 19.6. The van der Waals surface area contributed by atoms with Gasteiger partial charge < -0.3 is 4.90 Å². The Kier molecular flexibility index (Phi) is 9.46. The van der Waals surface area contributed by atoms with E-state index < -0.39 is 0 Å². The number of thioether (sulfide) groups is 1. The third kappa shape index (κ3) is 6.07. The molecule has 1 amide bonds. The zero-order valence-electron chi connectivity index (χ0n) is 24.2. The molecule has 3 aromatic rings. The van der Waals surface area contributed by atoms with Gasteiger partial charge in [0.15, 0.2) is 5.16 Å². The van der Waals surface area contributed by atoms with Gasteiger partial charge in [-0.1, -0.05) is 112 Å². The van der Waals surface area contributed by atoms with E-state index in [1.807, 2.05) is 33.7 Å². The predicted molar refractivity (Wildman–Crippen MR) is 165 cm³/mol. The number of amides is 1. The van der Waals surface area contributed by atoms with Gasteiger partial charge in [-0.25, -0.2) is 4.98 Å². The van der Waals surface area contributed by atoms with Crippen molar-refractivity contribution in [3.63, 3.8) is 0 Å². The van der Waals surface area contributed by atoms with Crippen molar-refractivity contribution in [2.75, 3.05) is 18.8 Å². The number of nitrogens with zero attached hydrogens (tertiary/aromatic N) is 3. The molecule has 6 heteroatoms. The quantitative estimate of drug-likeness (QED) is 0.184. The fourth-order valence-electron chi connectivity index (χ4n) is 6.51. The van der Waals surface area contributed by atoms with E-state index in [0.29, 0.717) is 17.5 Å². The highest BCUT2D eigenvalue weighted by Gasteiger charge is 2.43. The number of hydrogen-bond donors (Lipinski definition) is 0. The smallest absolute Gasteiger partial charge is 0.258 e. The van der Waals surface area contributed by atoms with Crippen LogP contribution in [0.15, 0.2) is 64.5 Å². The molecule has 1 heterocycles. The van der Waals surface area contributed by atoms with E-state index in [1.165, 1.54) is 23.7 Å². The van der Waals surface area contributed by atoms with E-state index in [9.17, 15) is 9.59 Å². The molecule has 0 unspecified atom stereocenters. The average Bonchev–Trinajstić information content (AvgIpc) is 2.98. The van der Waals surface area contributed by atoms with E-state index in [-0.39, 0.29) is 16.9 Å². The molecule has 0 radical (unpaired) electrons. The van der Waals surface area contributed by atoms with Crippen molar-refractivity contribution in [2.45, 2.75) is 95.2 Å². The molecule has 0 saturated heterocycles. The molecule has 0 bridgehead atoms. The molecule has 1 fully saturated rings. The Hall–Kier alpha value is -2.86. The minimum atomic E-state index is -0.152. The van der Waals surface area contributed by atoms with Gasteiger partial charge in [-0.3, -0.25) is 14.2 Å². The number of rotatable bonds is 11. The Labute approximate surface area is 243 Å². The minimum Gasteiger partial charge on any atom is -0.342 e.